The summed E-state index contributed by atoms with van der Waals surface area (Å²) in [5.74, 6) is -1.85. The number of fused-ring (bicyclic) bond motifs is 1. The van der Waals surface area contributed by atoms with Crippen LogP contribution in [-0.4, -0.2) is 104 Å². The Hall–Kier alpha value is -4.44. The number of hydrogen-bond acceptors (Lipinski definition) is 11. The van der Waals surface area contributed by atoms with Crippen molar-refractivity contribution in [1.29, 1.82) is 0 Å². The summed E-state index contributed by atoms with van der Waals surface area (Å²) in [5.41, 5.74) is -2.43. The molecule has 6 atom stereocenters. The number of carbonyl (C=O) groups excluding carboxylic acids is 4. The Balaban J connectivity index is 1.44. The van der Waals surface area contributed by atoms with Gasteiger partial charge in [0.1, 0.15) is 35.1 Å². The Labute approximate surface area is 291 Å². The van der Waals surface area contributed by atoms with Crippen LogP contribution in [0.4, 0.5) is 4.79 Å². The fraction of sp³-hybridized carbons (Fsp3) is 0.559. The number of pyridine rings is 1. The van der Waals surface area contributed by atoms with Crippen molar-refractivity contribution in [3.05, 3.63) is 43.1 Å². The number of amides is 4. The van der Waals surface area contributed by atoms with Crippen molar-refractivity contribution in [2.45, 2.75) is 94.1 Å². The molecule has 50 heavy (non-hydrogen) atoms. The summed E-state index contributed by atoms with van der Waals surface area (Å²) in [6, 6.07) is 4.71. The van der Waals surface area contributed by atoms with Gasteiger partial charge in [-0.1, -0.05) is 6.08 Å². The zero-order valence-electron chi connectivity index (χ0n) is 29.1. The molecular weight excluding hydrogens is 670 g/mol. The second-order valence-electron chi connectivity index (χ2n) is 13.9. The van der Waals surface area contributed by atoms with Gasteiger partial charge in [0.05, 0.1) is 25.0 Å². The molecular formula is C34H45N5O10S. The molecule has 16 heteroatoms. The highest BCUT2D eigenvalue weighted by Crippen LogP contribution is 2.45. The van der Waals surface area contributed by atoms with Crippen molar-refractivity contribution >= 4 is 44.6 Å². The number of sulfonamides is 1. The lowest BCUT2D eigenvalue weighted by Gasteiger charge is -2.32. The van der Waals surface area contributed by atoms with Gasteiger partial charge in [-0.05, 0) is 76.6 Å². The fourth-order valence-corrected chi connectivity index (χ4v) is 7.39. The van der Waals surface area contributed by atoms with Crippen LogP contribution in [0.25, 0.3) is 10.8 Å². The van der Waals surface area contributed by atoms with Crippen LogP contribution < -0.4 is 24.8 Å². The molecule has 2 aromatic rings. The largest absolute Gasteiger partial charge is 0.497 e. The molecule has 1 aliphatic heterocycles. The van der Waals surface area contributed by atoms with E-state index in [4.69, 9.17) is 18.9 Å². The van der Waals surface area contributed by atoms with Crippen LogP contribution in [0, 0.1) is 5.92 Å². The first kappa shape index (κ1) is 36.8. The second-order valence-corrected chi connectivity index (χ2v) is 15.9. The maximum absolute atomic E-state index is 14.3. The summed E-state index contributed by atoms with van der Waals surface area (Å²) in [7, 11) is -0.968. The van der Waals surface area contributed by atoms with Crippen LogP contribution in [-0.2, 0) is 33.9 Å². The summed E-state index contributed by atoms with van der Waals surface area (Å²) in [4.78, 5) is 60.3. The first-order valence-corrected chi connectivity index (χ1v) is 18.0. The highest BCUT2D eigenvalue weighted by Gasteiger charge is 2.62. The number of likely N-dealkylation sites (tertiary alicyclic amines) is 1. The van der Waals surface area contributed by atoms with Crippen molar-refractivity contribution < 1.29 is 46.5 Å². The van der Waals surface area contributed by atoms with Gasteiger partial charge in [0.25, 0.3) is 5.91 Å². The summed E-state index contributed by atoms with van der Waals surface area (Å²) >= 11 is 0. The highest BCUT2D eigenvalue weighted by molar-refractivity contribution is 7.91. The molecule has 3 N–H and O–H groups in total. The quantitative estimate of drug-likeness (QED) is 0.258. The molecule has 3 fully saturated rings. The molecule has 2 saturated carbocycles. The number of carbonyl (C=O) groups is 4. The van der Waals surface area contributed by atoms with E-state index in [1.807, 2.05) is 6.07 Å². The lowest BCUT2D eigenvalue weighted by atomic mass is 10.1. The molecule has 5 rings (SSSR count). The molecule has 1 saturated heterocycles. The zero-order valence-corrected chi connectivity index (χ0v) is 29.9. The second kappa shape index (κ2) is 14.1. The Morgan fingerprint density at radius 2 is 1.86 bits per heavy atom. The van der Waals surface area contributed by atoms with E-state index >= 15 is 0 Å². The third kappa shape index (κ3) is 7.96. The first-order valence-electron chi connectivity index (χ1n) is 16.4. The van der Waals surface area contributed by atoms with Gasteiger partial charge in [-0.2, -0.15) is 0 Å². The summed E-state index contributed by atoms with van der Waals surface area (Å²) in [6.45, 7) is 10.3. The van der Waals surface area contributed by atoms with Gasteiger partial charge < -0.3 is 34.5 Å². The minimum atomic E-state index is -3.90. The van der Waals surface area contributed by atoms with E-state index < -0.39 is 80.4 Å². The van der Waals surface area contributed by atoms with Crippen LogP contribution >= 0.6 is 0 Å². The first-order chi connectivity index (χ1) is 23.5. The van der Waals surface area contributed by atoms with Crippen LogP contribution in [0.1, 0.15) is 53.4 Å². The van der Waals surface area contributed by atoms with E-state index in [-0.39, 0.29) is 25.3 Å². The van der Waals surface area contributed by atoms with Gasteiger partial charge >= 0.3 is 6.09 Å². The number of nitrogens with zero attached hydrogens (tertiary/aromatic N) is 2. The van der Waals surface area contributed by atoms with Gasteiger partial charge in [-0.3, -0.25) is 19.1 Å². The van der Waals surface area contributed by atoms with Crippen LogP contribution in [0.2, 0.25) is 0 Å². The van der Waals surface area contributed by atoms with Gasteiger partial charge in [0.2, 0.25) is 27.7 Å². The molecule has 0 radical (unpaired) electrons. The van der Waals surface area contributed by atoms with E-state index in [0.717, 1.165) is 5.39 Å². The Morgan fingerprint density at radius 3 is 2.46 bits per heavy atom. The molecule has 2 aliphatic carbocycles. The normalized spacial score (nSPS) is 24.4. The van der Waals surface area contributed by atoms with Crippen LogP contribution in [0.15, 0.2) is 43.1 Å². The molecule has 0 unspecified atom stereocenters. The van der Waals surface area contributed by atoms with E-state index in [0.29, 0.717) is 24.0 Å². The number of nitrogens with one attached hydrogen (secondary N) is 3. The average Bonchev–Trinajstić information content (AvgIpc) is 3.98. The number of aromatic nitrogens is 1. The number of methoxy groups -OCH3 is 2. The van der Waals surface area contributed by atoms with Crippen LogP contribution in [0.3, 0.4) is 0 Å². The zero-order chi connectivity index (χ0) is 36.6. The lowest BCUT2D eigenvalue weighted by Crippen LogP contribution is -2.60. The maximum Gasteiger partial charge on any atom is 0.408 e. The summed E-state index contributed by atoms with van der Waals surface area (Å²) in [5, 5.41) is 6.15. The van der Waals surface area contributed by atoms with Crippen LogP contribution in [0.5, 0.6) is 11.6 Å². The Bertz CT molecular complexity index is 1770. The summed E-state index contributed by atoms with van der Waals surface area (Å²) < 4.78 is 49.9. The van der Waals surface area contributed by atoms with E-state index in [1.54, 1.807) is 59.2 Å². The number of rotatable bonds is 13. The van der Waals surface area contributed by atoms with E-state index in [2.05, 4.69) is 26.9 Å². The minimum absolute atomic E-state index is 0.0108. The Kier molecular flexibility index (Phi) is 10.4. The molecule has 15 nitrogen and oxygen atoms in total. The molecule has 1 aromatic heterocycles. The molecule has 1 aromatic carbocycles. The average molecular weight is 716 g/mol. The van der Waals surface area contributed by atoms with Crippen molar-refractivity contribution in [2.75, 3.05) is 20.8 Å². The minimum Gasteiger partial charge on any atom is -0.497 e. The van der Waals surface area contributed by atoms with Gasteiger partial charge in [-0.25, -0.2) is 18.2 Å². The topological polar surface area (TPSA) is 192 Å². The predicted molar refractivity (Wildman–Crippen MR) is 182 cm³/mol. The summed E-state index contributed by atoms with van der Waals surface area (Å²) in [6.07, 6.45) is 1.62. The van der Waals surface area contributed by atoms with Gasteiger partial charge in [0.15, 0.2) is 0 Å². The van der Waals surface area contributed by atoms with Crippen molar-refractivity contribution in [3.8, 4) is 11.6 Å². The monoisotopic (exact) mass is 715 g/mol. The highest BCUT2D eigenvalue weighted by atomic mass is 32.2. The number of ether oxygens (including phenoxy) is 4. The van der Waals surface area contributed by atoms with E-state index in [9.17, 15) is 27.6 Å². The molecule has 2 heterocycles. The molecule has 0 spiro atoms. The third-order valence-electron chi connectivity index (χ3n) is 9.09. The Morgan fingerprint density at radius 1 is 1.14 bits per heavy atom. The molecule has 0 bridgehead atoms. The van der Waals surface area contributed by atoms with E-state index in [1.165, 1.54) is 18.1 Å². The lowest BCUT2D eigenvalue weighted by molar-refractivity contribution is -0.143. The van der Waals surface area contributed by atoms with Crippen molar-refractivity contribution in [1.82, 2.24) is 25.2 Å². The molecule has 3 aliphatic rings. The van der Waals surface area contributed by atoms with Crippen molar-refractivity contribution in [2.24, 2.45) is 5.92 Å². The SMILES string of the molecule is C=C[C@H]1C[C@@]1(NC(=O)[C@@H]1C[C@@H](Oc2nccc3cc(OC)ccc23)CN1C(=O)[C@@H](NC(=O)OC(C)(C)C)[C@H](C)OC)C(=O)NS(=O)(=O)C1CC1. The van der Waals surface area contributed by atoms with Gasteiger partial charge in [-0.15, -0.1) is 6.58 Å². The predicted octanol–water partition coefficient (Wildman–Crippen LogP) is 2.19. The smallest absolute Gasteiger partial charge is 0.408 e. The molecule has 4 amide bonds. The number of benzene rings is 1. The molecule has 272 valence electrons. The van der Waals surface area contributed by atoms with Crippen molar-refractivity contribution in [3.63, 3.8) is 0 Å². The fourth-order valence-electron chi connectivity index (χ4n) is 6.03. The standard InChI is InChI=1S/C34H45N5O10S/c1-8-21-17-34(21,31(42)38-50(44,45)24-10-11-24)37-28(40)26-16-23(48-29-25-12-9-22(47-7)15-20(25)13-14-35-29)18-39(26)30(41)27(19(2)46-6)36-32(43)49-33(3,4)5/h8-9,12-15,19,21,23-24,26-27H,1,10-11,16-18H2,2-7H3,(H,36,43)(H,37,40)(H,38,42)/t19-,21-,23+,26-,27-,34-/m0/s1. The van der Waals surface area contributed by atoms with Gasteiger partial charge in [0, 0.05) is 31.0 Å². The number of alkyl carbamates (subject to hydrolysis) is 1. The maximum atomic E-state index is 14.3. The number of hydrogen-bond donors (Lipinski definition) is 3. The third-order valence-corrected chi connectivity index (χ3v) is 10.9.